The van der Waals surface area contributed by atoms with Crippen molar-refractivity contribution in [3.63, 3.8) is 0 Å². The van der Waals surface area contributed by atoms with E-state index in [1.165, 1.54) is 6.07 Å². The standard InChI is InChI=1S/C36H53N7O5S/c1-34(2,3)28-13-11-26-31(39-28)43-23-24(20-35(43,4)5)10-12-27(38-29-8-7-9-30(40-29)49(46,47)41-32(26)44)33(45)37-25-21-36(22-25)14-16-42(17-15-36)18-19-48-6/h7-9,11,13,24-25,27H,10,12,14-23H2,1-6H3,(H,37,45)(H,38,40)(H,41,44)/t24-,27-/m0/s1. The molecule has 13 heteroatoms. The highest BCUT2D eigenvalue weighted by Crippen LogP contribution is 2.49. The van der Waals surface area contributed by atoms with Gasteiger partial charge in [-0.05, 0) is 107 Å². The third kappa shape index (κ3) is 7.73. The fourth-order valence-corrected chi connectivity index (χ4v) is 9.13. The van der Waals surface area contributed by atoms with Gasteiger partial charge >= 0.3 is 0 Å². The lowest BCUT2D eigenvalue weighted by Crippen LogP contribution is -2.57. The Morgan fingerprint density at radius 1 is 1.06 bits per heavy atom. The lowest BCUT2D eigenvalue weighted by atomic mass is 9.60. The maximum absolute atomic E-state index is 13.9. The van der Waals surface area contributed by atoms with Gasteiger partial charge < -0.3 is 25.2 Å². The number of fused-ring (bicyclic) bond motifs is 6. The van der Waals surface area contributed by atoms with E-state index >= 15 is 0 Å². The van der Waals surface area contributed by atoms with Crippen molar-refractivity contribution in [2.75, 3.05) is 50.1 Å². The van der Waals surface area contributed by atoms with E-state index in [1.54, 1.807) is 31.4 Å². The van der Waals surface area contributed by atoms with Crippen molar-refractivity contribution in [2.24, 2.45) is 11.3 Å². The molecule has 12 nitrogen and oxygen atoms in total. The number of nitrogens with one attached hydrogen (secondary N) is 3. The first-order chi connectivity index (χ1) is 23.1. The van der Waals surface area contributed by atoms with Crippen LogP contribution in [0.4, 0.5) is 11.6 Å². The number of carbonyl (C=O) groups is 2. The van der Waals surface area contributed by atoms with Gasteiger partial charge in [-0.3, -0.25) is 9.59 Å². The summed E-state index contributed by atoms with van der Waals surface area (Å²) in [7, 11) is -2.60. The maximum Gasteiger partial charge on any atom is 0.281 e. The summed E-state index contributed by atoms with van der Waals surface area (Å²) in [4.78, 5) is 41.5. The Labute approximate surface area is 291 Å². The minimum Gasteiger partial charge on any atom is -0.383 e. The summed E-state index contributed by atoms with van der Waals surface area (Å²) < 4.78 is 34.5. The molecule has 4 bridgehead atoms. The van der Waals surface area contributed by atoms with Crippen molar-refractivity contribution in [1.82, 2.24) is 24.9 Å². The van der Waals surface area contributed by atoms with Crippen molar-refractivity contribution in [1.29, 1.82) is 0 Å². The number of piperidine rings is 1. The van der Waals surface area contributed by atoms with E-state index in [9.17, 15) is 18.0 Å². The number of pyridine rings is 2. The van der Waals surface area contributed by atoms with Gasteiger partial charge in [0.15, 0.2) is 5.03 Å². The van der Waals surface area contributed by atoms with Gasteiger partial charge in [0.2, 0.25) is 5.91 Å². The molecule has 49 heavy (non-hydrogen) atoms. The SMILES string of the molecule is COCCN1CCC2(CC1)CC(NC(=O)[C@@H]1CC[C@@H]3CN(c4nc(C(C)(C)C)ccc4C(=O)NS(=O)(=O)c4cccc(n4)N1)C(C)(C)C3)C2. The molecule has 2 amide bonds. The number of anilines is 2. The van der Waals surface area contributed by atoms with Crippen molar-refractivity contribution < 1.29 is 22.7 Å². The number of hydrogen-bond donors (Lipinski definition) is 3. The van der Waals surface area contributed by atoms with Gasteiger partial charge in [-0.1, -0.05) is 26.8 Å². The molecule has 1 spiro atoms. The van der Waals surface area contributed by atoms with Crippen LogP contribution in [0.2, 0.25) is 0 Å². The van der Waals surface area contributed by atoms with Gasteiger partial charge in [-0.15, -0.1) is 0 Å². The lowest BCUT2D eigenvalue weighted by Gasteiger charge is -2.52. The molecule has 4 aliphatic rings. The zero-order valence-electron chi connectivity index (χ0n) is 29.8. The molecule has 1 aliphatic carbocycles. The van der Waals surface area contributed by atoms with Crippen LogP contribution in [0.3, 0.4) is 0 Å². The summed E-state index contributed by atoms with van der Waals surface area (Å²) in [5, 5.41) is 6.27. The molecule has 2 atom stereocenters. The normalized spacial score (nSPS) is 25.3. The van der Waals surface area contributed by atoms with Gasteiger partial charge in [-0.2, -0.15) is 8.42 Å². The Hall–Kier alpha value is -3.29. The van der Waals surface area contributed by atoms with Crippen LogP contribution in [0.5, 0.6) is 0 Å². The van der Waals surface area contributed by atoms with E-state index in [0.717, 1.165) is 70.5 Å². The quantitative estimate of drug-likeness (QED) is 0.419. The number of likely N-dealkylation sites (tertiary alicyclic amines) is 1. The molecule has 2 saturated heterocycles. The largest absolute Gasteiger partial charge is 0.383 e. The summed E-state index contributed by atoms with van der Waals surface area (Å²) in [6.45, 7) is 14.9. The molecule has 3 N–H and O–H groups in total. The molecule has 5 heterocycles. The number of nitrogens with zero attached hydrogens (tertiary/aromatic N) is 4. The highest BCUT2D eigenvalue weighted by atomic mass is 32.2. The van der Waals surface area contributed by atoms with Crippen LogP contribution in [-0.4, -0.2) is 92.6 Å². The molecule has 1 saturated carbocycles. The second-order valence-electron chi connectivity index (χ2n) is 16.3. The van der Waals surface area contributed by atoms with Crippen LogP contribution in [0.15, 0.2) is 35.4 Å². The molecule has 2 aromatic rings. The first kappa shape index (κ1) is 35.5. The van der Waals surface area contributed by atoms with E-state index < -0.39 is 22.0 Å². The Morgan fingerprint density at radius 3 is 2.49 bits per heavy atom. The van der Waals surface area contributed by atoms with E-state index in [-0.39, 0.29) is 45.2 Å². The van der Waals surface area contributed by atoms with E-state index in [1.807, 2.05) is 0 Å². The monoisotopic (exact) mass is 695 g/mol. The Morgan fingerprint density at radius 2 is 1.80 bits per heavy atom. The number of carbonyl (C=O) groups excluding carboxylic acids is 2. The molecule has 0 unspecified atom stereocenters. The van der Waals surface area contributed by atoms with Crippen molar-refractivity contribution in [3.05, 3.63) is 41.6 Å². The van der Waals surface area contributed by atoms with Gasteiger partial charge in [-0.25, -0.2) is 14.7 Å². The number of rotatable bonds is 5. The first-order valence-electron chi connectivity index (χ1n) is 17.7. The minimum absolute atomic E-state index is 0.0963. The minimum atomic E-state index is -4.34. The van der Waals surface area contributed by atoms with E-state index in [2.05, 4.69) is 64.8 Å². The summed E-state index contributed by atoms with van der Waals surface area (Å²) >= 11 is 0. The highest BCUT2D eigenvalue weighted by Gasteiger charge is 2.47. The fraction of sp³-hybridized carbons (Fsp3) is 0.667. The summed E-state index contributed by atoms with van der Waals surface area (Å²) in [5.74, 6) is 0.116. The topological polar surface area (TPSA) is 146 Å². The predicted molar refractivity (Wildman–Crippen MR) is 189 cm³/mol. The smallest absolute Gasteiger partial charge is 0.281 e. The highest BCUT2D eigenvalue weighted by molar-refractivity contribution is 7.90. The van der Waals surface area contributed by atoms with Gasteiger partial charge in [0.25, 0.3) is 15.9 Å². The second kappa shape index (κ2) is 13.4. The van der Waals surface area contributed by atoms with E-state index in [4.69, 9.17) is 9.72 Å². The summed E-state index contributed by atoms with van der Waals surface area (Å²) in [6, 6.07) is 7.55. The molecular weight excluding hydrogens is 643 g/mol. The van der Waals surface area contributed by atoms with Crippen LogP contribution >= 0.6 is 0 Å². The zero-order chi connectivity index (χ0) is 35.2. The molecular formula is C36H53N7O5S. The second-order valence-corrected chi connectivity index (χ2v) is 18.0. The van der Waals surface area contributed by atoms with Crippen molar-refractivity contribution in [2.45, 2.75) is 108 Å². The fourth-order valence-electron chi connectivity index (χ4n) is 8.20. The zero-order valence-corrected chi connectivity index (χ0v) is 30.7. The lowest BCUT2D eigenvalue weighted by molar-refractivity contribution is -0.125. The Balaban J connectivity index is 1.24. The molecule has 0 aromatic carbocycles. The number of aromatic nitrogens is 2. The molecule has 3 fully saturated rings. The van der Waals surface area contributed by atoms with Crippen molar-refractivity contribution >= 4 is 33.5 Å². The number of methoxy groups -OCH3 is 1. The summed E-state index contributed by atoms with van der Waals surface area (Å²) in [5.41, 5.74) is 0.668. The van der Waals surface area contributed by atoms with Crippen LogP contribution in [-0.2, 0) is 25.0 Å². The molecule has 0 radical (unpaired) electrons. The molecule has 6 rings (SSSR count). The predicted octanol–water partition coefficient (Wildman–Crippen LogP) is 4.08. The number of hydrogen-bond acceptors (Lipinski definition) is 10. The molecule has 268 valence electrons. The van der Waals surface area contributed by atoms with Crippen LogP contribution in [0, 0.1) is 11.3 Å². The van der Waals surface area contributed by atoms with Crippen LogP contribution in [0.1, 0.15) is 95.6 Å². The summed E-state index contributed by atoms with van der Waals surface area (Å²) in [6.07, 6.45) is 6.36. The molecule has 3 aliphatic heterocycles. The number of amides is 2. The average Bonchev–Trinajstić information content (AvgIpc) is 3.34. The first-order valence-corrected chi connectivity index (χ1v) is 19.2. The van der Waals surface area contributed by atoms with Crippen LogP contribution in [0.25, 0.3) is 0 Å². The third-order valence-electron chi connectivity index (χ3n) is 11.1. The third-order valence-corrected chi connectivity index (χ3v) is 12.3. The Bertz CT molecular complexity index is 1660. The number of sulfonamides is 1. The van der Waals surface area contributed by atoms with E-state index in [0.29, 0.717) is 24.2 Å². The molecule has 2 aromatic heterocycles. The Kier molecular flexibility index (Phi) is 9.75. The van der Waals surface area contributed by atoms with Gasteiger partial charge in [0, 0.05) is 42.9 Å². The maximum atomic E-state index is 13.9. The van der Waals surface area contributed by atoms with Crippen molar-refractivity contribution in [3.8, 4) is 0 Å². The number of ether oxygens (including phenoxy) is 1. The van der Waals surface area contributed by atoms with Gasteiger partial charge in [0.1, 0.15) is 17.7 Å². The van der Waals surface area contributed by atoms with Gasteiger partial charge in [0.05, 0.1) is 12.2 Å². The van der Waals surface area contributed by atoms with Crippen LogP contribution < -0.4 is 20.3 Å². The average molecular weight is 696 g/mol.